The highest BCUT2D eigenvalue weighted by Crippen LogP contribution is 2.32. The Labute approximate surface area is 180 Å². The average molecular weight is 434 g/mol. The fraction of sp³-hybridized carbons (Fsp3) is 0.286. The maximum absolute atomic E-state index is 13.2. The van der Waals surface area contributed by atoms with Crippen molar-refractivity contribution in [3.05, 3.63) is 53.6 Å². The molecule has 0 spiro atoms. The van der Waals surface area contributed by atoms with Crippen molar-refractivity contribution in [2.45, 2.75) is 6.92 Å². The molecule has 0 fully saturated rings. The number of halogens is 1. The molecule has 0 radical (unpaired) electrons. The second-order valence-electron chi connectivity index (χ2n) is 6.72. The highest BCUT2D eigenvalue weighted by atomic mass is 35.5. The number of benzene rings is 2. The number of thiazole rings is 1. The summed E-state index contributed by atoms with van der Waals surface area (Å²) >= 11 is 1.47. The molecule has 6 nitrogen and oxygen atoms in total. The van der Waals surface area contributed by atoms with Crippen molar-refractivity contribution in [2.75, 3.05) is 39.2 Å². The number of rotatable bonds is 7. The number of anilines is 1. The van der Waals surface area contributed by atoms with Gasteiger partial charge in [0.1, 0.15) is 5.75 Å². The van der Waals surface area contributed by atoms with Gasteiger partial charge in [0.15, 0.2) is 10.9 Å². The number of fused-ring (bicyclic) bond motifs is 1. The fourth-order valence-electron chi connectivity index (χ4n) is 2.72. The predicted molar refractivity (Wildman–Crippen MR) is 120 cm³/mol. The van der Waals surface area contributed by atoms with E-state index in [2.05, 4.69) is 4.98 Å². The number of aromatic nitrogens is 1. The molecule has 3 aromatic rings. The first-order valence-electron chi connectivity index (χ1n) is 8.91. The molecule has 0 aliphatic rings. The monoisotopic (exact) mass is 433 g/mol. The minimum absolute atomic E-state index is 0. The van der Waals surface area contributed by atoms with Crippen molar-refractivity contribution in [1.82, 2.24) is 9.88 Å². The molecule has 0 unspecified atom stereocenters. The second kappa shape index (κ2) is 9.82. The van der Waals surface area contributed by atoms with Crippen LogP contribution in [-0.4, -0.2) is 55.9 Å². The lowest BCUT2D eigenvalue weighted by atomic mass is 10.1. The van der Waals surface area contributed by atoms with Gasteiger partial charge >= 0.3 is 0 Å². The van der Waals surface area contributed by atoms with Crippen molar-refractivity contribution < 1.29 is 14.3 Å². The Morgan fingerprint density at radius 2 is 1.69 bits per heavy atom. The normalized spacial score (nSPS) is 10.7. The molecule has 3 rings (SSSR count). The van der Waals surface area contributed by atoms with Gasteiger partial charge in [-0.25, -0.2) is 4.98 Å². The molecule has 0 atom stereocenters. The molecular formula is C21H24ClN3O3S. The van der Waals surface area contributed by atoms with Crippen molar-refractivity contribution in [3.8, 4) is 5.75 Å². The van der Waals surface area contributed by atoms with Gasteiger partial charge in [-0.1, -0.05) is 23.5 Å². The zero-order chi connectivity index (χ0) is 20.3. The quantitative estimate of drug-likeness (QED) is 0.524. The minimum Gasteiger partial charge on any atom is -0.497 e. The number of carbonyl (C=O) groups is 2. The van der Waals surface area contributed by atoms with Crippen LogP contribution in [0.25, 0.3) is 10.2 Å². The number of likely N-dealkylation sites (N-methyl/N-ethyl adjacent to an activating group) is 1. The zero-order valence-electron chi connectivity index (χ0n) is 16.8. The van der Waals surface area contributed by atoms with Crippen LogP contribution in [0.15, 0.2) is 42.5 Å². The Bertz CT molecular complexity index is 1000. The van der Waals surface area contributed by atoms with Crippen LogP contribution >= 0.6 is 23.7 Å². The summed E-state index contributed by atoms with van der Waals surface area (Å²) in [7, 11) is 5.55. The number of nitrogens with zero attached hydrogens (tertiary/aromatic N) is 3. The van der Waals surface area contributed by atoms with Crippen LogP contribution in [-0.2, 0) is 0 Å². The van der Waals surface area contributed by atoms with Gasteiger partial charge in [0, 0.05) is 30.3 Å². The van der Waals surface area contributed by atoms with Gasteiger partial charge in [0.25, 0.3) is 5.91 Å². The standard InChI is InChI=1S/C21H23N3O3S.ClH/c1-14(25)15-5-7-16(8-6-15)20(26)24(12-11-23(2)3)21-22-18-13-17(27-4)9-10-19(18)28-21;/h5-10,13H,11-12H2,1-4H3;1H. The zero-order valence-corrected chi connectivity index (χ0v) is 18.5. The highest BCUT2D eigenvalue weighted by Gasteiger charge is 2.21. The minimum atomic E-state index is -0.136. The topological polar surface area (TPSA) is 62.7 Å². The number of ether oxygens (including phenoxy) is 1. The molecule has 0 saturated heterocycles. The molecule has 154 valence electrons. The lowest BCUT2D eigenvalue weighted by Crippen LogP contribution is -2.36. The number of ketones is 1. The number of hydrogen-bond acceptors (Lipinski definition) is 6. The van der Waals surface area contributed by atoms with Crippen molar-refractivity contribution in [3.63, 3.8) is 0 Å². The Kier molecular flexibility index (Phi) is 7.73. The van der Waals surface area contributed by atoms with Gasteiger partial charge < -0.3 is 9.64 Å². The Hall–Kier alpha value is -2.48. The van der Waals surface area contributed by atoms with Crippen LogP contribution in [0.1, 0.15) is 27.6 Å². The molecule has 1 aromatic heterocycles. The first-order valence-corrected chi connectivity index (χ1v) is 9.73. The third-order valence-corrected chi connectivity index (χ3v) is 5.43. The van der Waals surface area contributed by atoms with E-state index in [1.54, 1.807) is 36.3 Å². The van der Waals surface area contributed by atoms with E-state index in [0.29, 0.717) is 29.3 Å². The van der Waals surface area contributed by atoms with E-state index in [1.165, 1.54) is 18.3 Å². The van der Waals surface area contributed by atoms with Crippen LogP contribution in [0.3, 0.4) is 0 Å². The number of Topliss-reactive ketones (excluding diaryl/α,β-unsaturated/α-hetero) is 1. The molecule has 1 amide bonds. The summed E-state index contributed by atoms with van der Waals surface area (Å²) in [6.45, 7) is 2.73. The fourth-order valence-corrected chi connectivity index (χ4v) is 3.70. The van der Waals surface area contributed by atoms with Crippen molar-refractivity contribution in [1.29, 1.82) is 0 Å². The highest BCUT2D eigenvalue weighted by molar-refractivity contribution is 7.22. The third-order valence-electron chi connectivity index (χ3n) is 4.37. The summed E-state index contributed by atoms with van der Waals surface area (Å²) in [5, 5.41) is 0.644. The number of methoxy groups -OCH3 is 1. The van der Waals surface area contributed by atoms with Gasteiger partial charge in [-0.05, 0) is 45.3 Å². The van der Waals surface area contributed by atoms with Crippen LogP contribution in [0.4, 0.5) is 5.13 Å². The van der Waals surface area contributed by atoms with Gasteiger partial charge in [-0.2, -0.15) is 0 Å². The summed E-state index contributed by atoms with van der Waals surface area (Å²) in [4.78, 5) is 33.1. The smallest absolute Gasteiger partial charge is 0.260 e. The lowest BCUT2D eigenvalue weighted by molar-refractivity contribution is 0.0981. The van der Waals surface area contributed by atoms with E-state index >= 15 is 0 Å². The molecule has 8 heteroatoms. The van der Waals surface area contributed by atoms with Gasteiger partial charge in [-0.3, -0.25) is 14.5 Å². The van der Waals surface area contributed by atoms with Gasteiger partial charge in [0.2, 0.25) is 0 Å². The number of amides is 1. The largest absolute Gasteiger partial charge is 0.497 e. The Balaban J connectivity index is 0.00000300. The SMILES string of the molecule is COc1ccc2sc(N(CCN(C)C)C(=O)c3ccc(C(C)=O)cc3)nc2c1.Cl. The summed E-state index contributed by atoms with van der Waals surface area (Å²) < 4.78 is 6.26. The van der Waals surface area contributed by atoms with E-state index in [4.69, 9.17) is 4.74 Å². The summed E-state index contributed by atoms with van der Waals surface area (Å²) in [6, 6.07) is 12.5. The Morgan fingerprint density at radius 1 is 1.03 bits per heavy atom. The Morgan fingerprint density at radius 3 is 2.28 bits per heavy atom. The summed E-state index contributed by atoms with van der Waals surface area (Å²) in [5.41, 5.74) is 1.91. The van der Waals surface area contributed by atoms with Gasteiger partial charge in [-0.15, -0.1) is 12.4 Å². The molecule has 1 heterocycles. The van der Waals surface area contributed by atoms with Crippen molar-refractivity contribution >= 4 is 50.8 Å². The number of hydrogen-bond donors (Lipinski definition) is 0. The van der Waals surface area contributed by atoms with E-state index in [9.17, 15) is 9.59 Å². The maximum atomic E-state index is 13.2. The van der Waals surface area contributed by atoms with Crippen LogP contribution in [0, 0.1) is 0 Å². The molecule has 0 N–H and O–H groups in total. The average Bonchev–Trinajstić information content (AvgIpc) is 3.10. The van der Waals surface area contributed by atoms with E-state index in [-0.39, 0.29) is 24.1 Å². The lowest BCUT2D eigenvalue weighted by Gasteiger charge is -2.22. The predicted octanol–water partition coefficient (Wildman–Crippen LogP) is 4.14. The maximum Gasteiger partial charge on any atom is 0.260 e. The van der Waals surface area contributed by atoms with E-state index in [1.807, 2.05) is 37.2 Å². The van der Waals surface area contributed by atoms with E-state index in [0.717, 1.165) is 16.0 Å². The summed E-state index contributed by atoms with van der Waals surface area (Å²) in [5.74, 6) is 0.571. The molecular weight excluding hydrogens is 410 g/mol. The first kappa shape index (κ1) is 22.8. The molecule has 0 aliphatic carbocycles. The molecule has 0 bridgehead atoms. The van der Waals surface area contributed by atoms with Crippen LogP contribution in [0.2, 0.25) is 0 Å². The second-order valence-corrected chi connectivity index (χ2v) is 7.73. The molecule has 0 saturated carbocycles. The first-order chi connectivity index (χ1) is 13.4. The molecule has 2 aromatic carbocycles. The summed E-state index contributed by atoms with van der Waals surface area (Å²) in [6.07, 6.45) is 0. The van der Waals surface area contributed by atoms with Crippen molar-refractivity contribution in [2.24, 2.45) is 0 Å². The third kappa shape index (κ3) is 5.32. The molecule has 29 heavy (non-hydrogen) atoms. The van der Waals surface area contributed by atoms with Crippen LogP contribution in [0.5, 0.6) is 5.75 Å². The number of carbonyl (C=O) groups excluding carboxylic acids is 2. The van der Waals surface area contributed by atoms with E-state index < -0.39 is 0 Å². The molecule has 0 aliphatic heterocycles. The van der Waals surface area contributed by atoms with Crippen LogP contribution < -0.4 is 9.64 Å². The van der Waals surface area contributed by atoms with Gasteiger partial charge in [0.05, 0.1) is 17.3 Å².